The van der Waals surface area contributed by atoms with Gasteiger partial charge in [-0.1, -0.05) is 168 Å². The van der Waals surface area contributed by atoms with E-state index in [1.165, 1.54) is 160 Å². The number of unbranched alkanes of at least 4 members (excludes halogenated alkanes) is 24. The summed E-state index contributed by atoms with van der Waals surface area (Å²) in [5.41, 5.74) is 5.88. The molecule has 0 aromatic heterocycles. The summed E-state index contributed by atoms with van der Waals surface area (Å²) in [6.45, 7) is 6.26. The second-order valence-corrected chi connectivity index (χ2v) is 14.9. The fraction of sp³-hybridized carbons (Fsp3) is 0.925. The van der Waals surface area contributed by atoms with Crippen molar-refractivity contribution in [3.05, 3.63) is 0 Å². The first kappa shape index (κ1) is 45.9. The van der Waals surface area contributed by atoms with Crippen LogP contribution in [0.25, 0.3) is 0 Å². The van der Waals surface area contributed by atoms with Crippen LogP contribution in [0.3, 0.4) is 0 Å². The van der Waals surface area contributed by atoms with E-state index in [0.717, 1.165) is 25.7 Å². The summed E-state index contributed by atoms with van der Waals surface area (Å²) in [7, 11) is 0. The molecule has 2 N–H and O–H groups in total. The van der Waals surface area contributed by atoms with Crippen LogP contribution in [0, 0.1) is 0 Å². The van der Waals surface area contributed by atoms with Crippen molar-refractivity contribution in [3.63, 3.8) is 0 Å². The van der Waals surface area contributed by atoms with Gasteiger partial charge < -0.3 is 15.2 Å². The van der Waals surface area contributed by atoms with Crippen molar-refractivity contribution in [2.75, 3.05) is 18.1 Å². The third kappa shape index (κ3) is 34.6. The average molecular weight is 684 g/mol. The summed E-state index contributed by atoms with van der Waals surface area (Å²) in [6.07, 6.45) is 34.1. The first-order valence-corrected chi connectivity index (χ1v) is 21.2. The zero-order chi connectivity index (χ0) is 34.6. The van der Waals surface area contributed by atoms with Crippen molar-refractivity contribution in [1.29, 1.82) is 0 Å². The average Bonchev–Trinajstić information content (AvgIpc) is 3.05. The monoisotopic (exact) mass is 684 g/mol. The standard InChI is InChI=1S/C40H77NO5S/c1-4-6-8-10-12-14-16-18-20-22-24-26-28-30-39(43)45-33-32-37(34-47-35-38(41)36(3)42)46-40(44)31-29-27-25-23-21-19-17-15-13-11-9-7-5-2/h37-38H,4-35,41H2,1-3H3/t37-,38+/m1/s1. The number of hydrogen-bond acceptors (Lipinski definition) is 7. The van der Waals surface area contributed by atoms with E-state index < -0.39 is 6.04 Å². The third-order valence-electron chi connectivity index (χ3n) is 9.09. The lowest BCUT2D eigenvalue weighted by molar-refractivity contribution is -0.150. The molecule has 0 aliphatic heterocycles. The van der Waals surface area contributed by atoms with E-state index in [-0.39, 0.29) is 30.4 Å². The summed E-state index contributed by atoms with van der Waals surface area (Å²) in [5.74, 6) is 0.628. The Labute approximate surface area is 295 Å². The lowest BCUT2D eigenvalue weighted by Crippen LogP contribution is -2.32. The van der Waals surface area contributed by atoms with Crippen LogP contribution in [-0.2, 0) is 23.9 Å². The van der Waals surface area contributed by atoms with Gasteiger partial charge in [-0.2, -0.15) is 11.8 Å². The third-order valence-corrected chi connectivity index (χ3v) is 10.3. The number of nitrogens with two attached hydrogens (primary N) is 1. The van der Waals surface area contributed by atoms with E-state index in [1.807, 2.05) is 0 Å². The largest absolute Gasteiger partial charge is 0.466 e. The quantitative estimate of drug-likeness (QED) is 0.0514. The molecular formula is C40H77NO5S. The number of esters is 2. The zero-order valence-electron chi connectivity index (χ0n) is 31.3. The first-order chi connectivity index (χ1) is 22.9. The van der Waals surface area contributed by atoms with Gasteiger partial charge in [-0.25, -0.2) is 0 Å². The molecule has 0 aromatic rings. The Kier molecular flexibility index (Phi) is 35.4. The van der Waals surface area contributed by atoms with Crippen molar-refractivity contribution in [1.82, 2.24) is 0 Å². The topological polar surface area (TPSA) is 95.7 Å². The molecule has 0 unspecified atom stereocenters. The van der Waals surface area contributed by atoms with Crippen molar-refractivity contribution in [2.45, 2.75) is 219 Å². The van der Waals surface area contributed by atoms with Crippen LogP contribution in [0.15, 0.2) is 0 Å². The Morgan fingerprint density at radius 1 is 0.532 bits per heavy atom. The van der Waals surface area contributed by atoms with Crippen LogP contribution >= 0.6 is 11.8 Å². The minimum absolute atomic E-state index is 0.0458. The van der Waals surface area contributed by atoms with Crippen LogP contribution in [-0.4, -0.2) is 48.0 Å². The Morgan fingerprint density at radius 2 is 0.894 bits per heavy atom. The molecular weight excluding hydrogens is 607 g/mol. The maximum absolute atomic E-state index is 12.6. The fourth-order valence-corrected chi connectivity index (χ4v) is 6.94. The van der Waals surface area contributed by atoms with E-state index in [1.54, 1.807) is 0 Å². The zero-order valence-corrected chi connectivity index (χ0v) is 32.1. The van der Waals surface area contributed by atoms with Gasteiger partial charge in [0.1, 0.15) is 11.9 Å². The van der Waals surface area contributed by atoms with E-state index in [4.69, 9.17) is 15.2 Å². The van der Waals surface area contributed by atoms with Crippen molar-refractivity contribution >= 4 is 29.5 Å². The number of thioether (sulfide) groups is 1. The lowest BCUT2D eigenvalue weighted by Gasteiger charge is -2.18. The molecule has 47 heavy (non-hydrogen) atoms. The summed E-state index contributed by atoms with van der Waals surface area (Å²) < 4.78 is 11.3. The van der Waals surface area contributed by atoms with Crippen LogP contribution in [0.2, 0.25) is 0 Å². The second kappa shape index (κ2) is 36.2. The number of Topliss-reactive ketones (excluding diaryl/α,β-unsaturated/α-hetero) is 1. The van der Waals surface area contributed by atoms with E-state index >= 15 is 0 Å². The highest BCUT2D eigenvalue weighted by molar-refractivity contribution is 7.99. The Balaban J connectivity index is 4.04. The molecule has 0 saturated carbocycles. The van der Waals surface area contributed by atoms with Gasteiger partial charge in [0.25, 0.3) is 0 Å². The molecule has 7 heteroatoms. The van der Waals surface area contributed by atoms with Crippen LogP contribution in [0.1, 0.15) is 207 Å². The lowest BCUT2D eigenvalue weighted by atomic mass is 10.0. The van der Waals surface area contributed by atoms with E-state index in [2.05, 4.69) is 13.8 Å². The van der Waals surface area contributed by atoms with Gasteiger partial charge in [0.05, 0.1) is 12.6 Å². The van der Waals surface area contributed by atoms with Crippen molar-refractivity contribution < 1.29 is 23.9 Å². The smallest absolute Gasteiger partial charge is 0.306 e. The molecule has 0 saturated heterocycles. The van der Waals surface area contributed by atoms with Crippen LogP contribution in [0.4, 0.5) is 0 Å². The molecule has 278 valence electrons. The van der Waals surface area contributed by atoms with Gasteiger partial charge in [-0.05, 0) is 19.8 Å². The van der Waals surface area contributed by atoms with E-state index in [0.29, 0.717) is 30.8 Å². The summed E-state index contributed by atoms with van der Waals surface area (Å²) >= 11 is 1.51. The van der Waals surface area contributed by atoms with Crippen LogP contribution < -0.4 is 5.73 Å². The molecule has 0 spiro atoms. The highest BCUT2D eigenvalue weighted by atomic mass is 32.2. The van der Waals surface area contributed by atoms with Gasteiger partial charge in [0.2, 0.25) is 0 Å². The molecule has 6 nitrogen and oxygen atoms in total. The molecule has 0 amide bonds. The molecule has 0 radical (unpaired) electrons. The molecule has 0 bridgehead atoms. The minimum atomic E-state index is -0.514. The van der Waals surface area contributed by atoms with Gasteiger partial charge in [0, 0.05) is 30.8 Å². The molecule has 0 fully saturated rings. The van der Waals surface area contributed by atoms with Gasteiger partial charge >= 0.3 is 11.9 Å². The fourth-order valence-electron chi connectivity index (χ4n) is 5.82. The highest BCUT2D eigenvalue weighted by Gasteiger charge is 2.17. The Hall–Kier alpha value is -1.08. The molecule has 0 heterocycles. The Morgan fingerprint density at radius 3 is 1.28 bits per heavy atom. The van der Waals surface area contributed by atoms with Gasteiger partial charge in [-0.3, -0.25) is 14.4 Å². The number of hydrogen-bond donors (Lipinski definition) is 1. The Bertz CT molecular complexity index is 719. The first-order valence-electron chi connectivity index (χ1n) is 20.1. The summed E-state index contributed by atoms with van der Waals surface area (Å²) in [6, 6.07) is -0.514. The number of rotatable bonds is 37. The molecule has 0 rings (SSSR count). The minimum Gasteiger partial charge on any atom is -0.466 e. The van der Waals surface area contributed by atoms with Crippen molar-refractivity contribution in [2.24, 2.45) is 5.73 Å². The normalized spacial score (nSPS) is 12.6. The summed E-state index contributed by atoms with van der Waals surface area (Å²) in [5, 5.41) is 0. The number of carbonyl (C=O) groups excluding carboxylic acids is 3. The van der Waals surface area contributed by atoms with Gasteiger partial charge in [0.15, 0.2) is 0 Å². The summed E-state index contributed by atoms with van der Waals surface area (Å²) in [4.78, 5) is 36.4. The number of ether oxygens (including phenoxy) is 2. The number of carbonyl (C=O) groups is 3. The second-order valence-electron chi connectivity index (χ2n) is 13.9. The molecule has 2 atom stereocenters. The molecule has 0 aromatic carbocycles. The maximum Gasteiger partial charge on any atom is 0.306 e. The van der Waals surface area contributed by atoms with E-state index in [9.17, 15) is 14.4 Å². The van der Waals surface area contributed by atoms with Crippen LogP contribution in [0.5, 0.6) is 0 Å². The predicted octanol–water partition coefficient (Wildman–Crippen LogP) is 11.4. The number of ketones is 1. The highest BCUT2D eigenvalue weighted by Crippen LogP contribution is 2.16. The predicted molar refractivity (Wildman–Crippen MR) is 202 cm³/mol. The van der Waals surface area contributed by atoms with Gasteiger partial charge in [-0.15, -0.1) is 0 Å². The molecule has 0 aliphatic rings. The SMILES string of the molecule is CCCCCCCCCCCCCCCC(=O)OCC[C@H](CSC[C@H](N)C(C)=O)OC(=O)CCCCCCCCCCCCCCC. The van der Waals surface area contributed by atoms with Crippen molar-refractivity contribution in [3.8, 4) is 0 Å². The molecule has 0 aliphatic carbocycles. The maximum atomic E-state index is 12.6.